The Hall–Kier alpha value is 0.380. The van der Waals surface area contributed by atoms with Crippen molar-refractivity contribution in [2.75, 3.05) is 13.6 Å². The molecule has 7 heteroatoms. The average Bonchev–Trinajstić information content (AvgIpc) is 2.29. The fraction of sp³-hybridized carbons (Fsp3) is 0.455. The molecular weight excluding hydrogens is 405 g/mol. The molecule has 0 saturated heterocycles. The molecule has 3 nitrogen and oxygen atoms in total. The van der Waals surface area contributed by atoms with Gasteiger partial charge in [-0.3, -0.25) is 0 Å². The van der Waals surface area contributed by atoms with Crippen molar-refractivity contribution in [3.05, 3.63) is 27.7 Å². The van der Waals surface area contributed by atoms with Gasteiger partial charge in [0, 0.05) is 22.9 Å². The second-order valence-electron chi connectivity index (χ2n) is 3.97. The van der Waals surface area contributed by atoms with Crippen LogP contribution in [-0.2, 0) is 10.0 Å². The molecule has 0 fully saturated rings. The van der Waals surface area contributed by atoms with Crippen molar-refractivity contribution in [2.45, 2.75) is 23.1 Å². The fourth-order valence-electron chi connectivity index (χ4n) is 1.30. The second kappa shape index (κ2) is 6.70. The molecule has 0 N–H and O–H groups in total. The van der Waals surface area contributed by atoms with E-state index in [1.54, 1.807) is 13.1 Å². The lowest BCUT2D eigenvalue weighted by atomic mass is 10.3. The van der Waals surface area contributed by atoms with Crippen LogP contribution in [0.5, 0.6) is 0 Å². The molecule has 0 aliphatic rings. The molecule has 102 valence electrons. The maximum absolute atomic E-state index is 12.3. The van der Waals surface area contributed by atoms with Crippen molar-refractivity contribution in [2.24, 2.45) is 0 Å². The molecule has 0 spiro atoms. The molecule has 0 saturated carbocycles. The summed E-state index contributed by atoms with van der Waals surface area (Å²) >= 11 is 12.5. The average molecular weight is 420 g/mol. The Morgan fingerprint density at radius 1 is 1.44 bits per heavy atom. The first kappa shape index (κ1) is 16.4. The summed E-state index contributed by atoms with van der Waals surface area (Å²) in [5, 5.41) is 0.491. The third-order valence-corrected chi connectivity index (χ3v) is 5.97. The molecule has 0 heterocycles. The monoisotopic (exact) mass is 417 g/mol. The highest BCUT2D eigenvalue weighted by molar-refractivity contribution is 9.10. The van der Waals surface area contributed by atoms with Gasteiger partial charge in [-0.2, -0.15) is 0 Å². The van der Waals surface area contributed by atoms with Crippen LogP contribution in [0.4, 0.5) is 0 Å². The zero-order chi connectivity index (χ0) is 13.9. The van der Waals surface area contributed by atoms with Crippen LogP contribution in [-0.4, -0.2) is 31.1 Å². The van der Waals surface area contributed by atoms with Crippen LogP contribution in [0.1, 0.15) is 13.3 Å². The van der Waals surface area contributed by atoms with E-state index in [1.165, 1.54) is 16.4 Å². The Labute approximate surface area is 130 Å². The summed E-state index contributed by atoms with van der Waals surface area (Å²) in [6, 6.07) is 4.60. The van der Waals surface area contributed by atoms with E-state index in [-0.39, 0.29) is 9.72 Å². The van der Waals surface area contributed by atoms with E-state index < -0.39 is 10.0 Å². The van der Waals surface area contributed by atoms with E-state index in [1.807, 2.05) is 6.92 Å². The van der Waals surface area contributed by atoms with Crippen molar-refractivity contribution >= 4 is 53.5 Å². The number of rotatable bonds is 5. The molecule has 0 aromatic heterocycles. The number of benzene rings is 1. The van der Waals surface area contributed by atoms with E-state index in [2.05, 4.69) is 31.9 Å². The van der Waals surface area contributed by atoms with Gasteiger partial charge in [0.15, 0.2) is 0 Å². The van der Waals surface area contributed by atoms with Gasteiger partial charge in [0.2, 0.25) is 10.0 Å². The summed E-state index contributed by atoms with van der Waals surface area (Å²) in [5.41, 5.74) is 0. The quantitative estimate of drug-likeness (QED) is 0.679. The molecule has 0 aliphatic carbocycles. The predicted molar refractivity (Wildman–Crippen MR) is 82.0 cm³/mol. The number of hydrogen-bond donors (Lipinski definition) is 0. The maximum atomic E-state index is 12.3. The first-order valence-electron chi connectivity index (χ1n) is 5.30. The van der Waals surface area contributed by atoms with Gasteiger partial charge in [-0.1, -0.05) is 34.5 Å². The van der Waals surface area contributed by atoms with Gasteiger partial charge in [0.25, 0.3) is 0 Å². The largest absolute Gasteiger partial charge is 0.242 e. The van der Waals surface area contributed by atoms with E-state index in [0.29, 0.717) is 16.0 Å². The van der Waals surface area contributed by atoms with Crippen LogP contribution >= 0.6 is 43.5 Å². The van der Waals surface area contributed by atoms with E-state index in [9.17, 15) is 8.42 Å². The van der Waals surface area contributed by atoms with Gasteiger partial charge in [-0.15, -0.1) is 0 Å². The number of sulfonamides is 1. The Balaban J connectivity index is 2.95. The summed E-state index contributed by atoms with van der Waals surface area (Å²) in [6.07, 6.45) is 0.754. The van der Waals surface area contributed by atoms with Gasteiger partial charge < -0.3 is 0 Å². The molecule has 0 radical (unpaired) electrons. The molecule has 1 atom stereocenters. The van der Waals surface area contributed by atoms with Crippen molar-refractivity contribution in [3.8, 4) is 0 Å². The van der Waals surface area contributed by atoms with Crippen molar-refractivity contribution in [1.82, 2.24) is 4.31 Å². The third-order valence-electron chi connectivity index (χ3n) is 2.44. The lowest BCUT2D eigenvalue weighted by Crippen LogP contribution is -2.29. The van der Waals surface area contributed by atoms with E-state index in [0.717, 1.165) is 6.42 Å². The fourth-order valence-corrected chi connectivity index (χ4v) is 3.36. The van der Waals surface area contributed by atoms with Crippen LogP contribution in [0.2, 0.25) is 5.02 Å². The van der Waals surface area contributed by atoms with Crippen molar-refractivity contribution in [3.63, 3.8) is 0 Å². The Bertz CT molecular complexity index is 520. The number of halogens is 3. The van der Waals surface area contributed by atoms with Gasteiger partial charge in [0.05, 0.1) is 9.92 Å². The Morgan fingerprint density at radius 3 is 2.56 bits per heavy atom. The topological polar surface area (TPSA) is 37.4 Å². The highest BCUT2D eigenvalue weighted by Crippen LogP contribution is 2.26. The third kappa shape index (κ3) is 4.20. The summed E-state index contributed by atoms with van der Waals surface area (Å²) in [7, 11) is -1.87. The van der Waals surface area contributed by atoms with Gasteiger partial charge in [-0.25, -0.2) is 12.7 Å². The molecular formula is C11H14Br2ClNO2S. The normalized spacial score (nSPS) is 13.9. The maximum Gasteiger partial charge on any atom is 0.242 e. The lowest BCUT2D eigenvalue weighted by molar-refractivity contribution is 0.462. The van der Waals surface area contributed by atoms with Crippen LogP contribution < -0.4 is 0 Å². The number of nitrogens with zero attached hydrogens (tertiary/aromatic N) is 1. The number of alkyl halides is 1. The summed E-state index contributed by atoms with van der Waals surface area (Å²) < 4.78 is 26.4. The molecule has 18 heavy (non-hydrogen) atoms. The molecule has 0 bridgehead atoms. The molecule has 1 unspecified atom stereocenters. The number of hydrogen-bond acceptors (Lipinski definition) is 2. The van der Waals surface area contributed by atoms with Crippen molar-refractivity contribution in [1.29, 1.82) is 0 Å². The zero-order valence-corrected chi connectivity index (χ0v) is 14.8. The summed E-state index contributed by atoms with van der Waals surface area (Å²) in [5.74, 6) is 0. The van der Waals surface area contributed by atoms with E-state index in [4.69, 9.17) is 11.6 Å². The minimum absolute atomic E-state index is 0.239. The molecule has 1 rings (SSSR count). The highest BCUT2D eigenvalue weighted by Gasteiger charge is 2.21. The predicted octanol–water partition coefficient (Wildman–Crippen LogP) is 3.90. The van der Waals surface area contributed by atoms with Gasteiger partial charge in [-0.05, 0) is 40.5 Å². The highest BCUT2D eigenvalue weighted by atomic mass is 79.9. The lowest BCUT2D eigenvalue weighted by Gasteiger charge is -2.18. The minimum Gasteiger partial charge on any atom is -0.207 e. The van der Waals surface area contributed by atoms with Crippen molar-refractivity contribution < 1.29 is 8.42 Å². The Morgan fingerprint density at radius 2 is 2.06 bits per heavy atom. The molecule has 1 aromatic rings. The standard InChI is InChI=1S/C11H14Br2ClNO2S/c1-8(12)5-6-15(2)18(16,17)9-3-4-11(14)10(13)7-9/h3-4,7-8H,5-6H2,1-2H3. The second-order valence-corrected chi connectivity index (χ2v) is 8.84. The van der Waals surface area contributed by atoms with E-state index >= 15 is 0 Å². The Kier molecular flexibility index (Phi) is 6.12. The first-order valence-corrected chi connectivity index (χ1v) is 8.83. The first-order chi connectivity index (χ1) is 8.25. The van der Waals surface area contributed by atoms with Gasteiger partial charge >= 0.3 is 0 Å². The van der Waals surface area contributed by atoms with Crippen LogP contribution in [0, 0.1) is 0 Å². The smallest absolute Gasteiger partial charge is 0.207 e. The molecule has 0 aliphatic heterocycles. The molecule has 1 aromatic carbocycles. The SMILES string of the molecule is CC(Br)CCN(C)S(=O)(=O)c1ccc(Cl)c(Br)c1. The van der Waals surface area contributed by atoms with Crippen LogP contribution in [0.15, 0.2) is 27.6 Å². The zero-order valence-electron chi connectivity index (χ0n) is 10.0. The van der Waals surface area contributed by atoms with Gasteiger partial charge in [0.1, 0.15) is 0 Å². The summed E-state index contributed by atoms with van der Waals surface area (Å²) in [4.78, 5) is 0.524. The minimum atomic E-state index is -3.45. The van der Waals surface area contributed by atoms with Crippen LogP contribution in [0.25, 0.3) is 0 Å². The molecule has 0 amide bonds. The summed E-state index contributed by atoms with van der Waals surface area (Å²) in [6.45, 7) is 2.45. The van der Waals surface area contributed by atoms with Crippen LogP contribution in [0.3, 0.4) is 0 Å².